The molecular weight excluding hydrogens is 244 g/mol. The van der Waals surface area contributed by atoms with Crippen LogP contribution in [0.4, 0.5) is 0 Å². The van der Waals surface area contributed by atoms with Gasteiger partial charge in [-0.15, -0.1) is 0 Å². The summed E-state index contributed by atoms with van der Waals surface area (Å²) in [6.07, 6.45) is 1.29. The van der Waals surface area contributed by atoms with E-state index in [1.54, 1.807) is 43.4 Å². The third-order valence-corrected chi connectivity index (χ3v) is 2.75. The van der Waals surface area contributed by atoms with Crippen LogP contribution < -0.4 is 4.73 Å². The standard InChI is InChI=1S/C14H14N2O3/c1-15(10-11-5-7-12(17)8-6-11)14(18)13-4-2-3-9-16(13)19/h2-9,17H,10H2,1H3. The average Bonchev–Trinajstić information content (AvgIpc) is 2.41. The van der Waals surface area contributed by atoms with Gasteiger partial charge in [-0.25, -0.2) is 0 Å². The fourth-order valence-electron chi connectivity index (χ4n) is 1.74. The lowest BCUT2D eigenvalue weighted by atomic mass is 10.2. The first-order chi connectivity index (χ1) is 9.08. The zero-order valence-electron chi connectivity index (χ0n) is 10.5. The highest BCUT2D eigenvalue weighted by Crippen LogP contribution is 2.11. The van der Waals surface area contributed by atoms with Crippen LogP contribution >= 0.6 is 0 Å². The zero-order chi connectivity index (χ0) is 13.8. The number of aromatic nitrogens is 1. The molecule has 0 radical (unpaired) electrons. The third kappa shape index (κ3) is 3.01. The monoisotopic (exact) mass is 258 g/mol. The molecule has 0 atom stereocenters. The van der Waals surface area contributed by atoms with Crippen LogP contribution in [0, 0.1) is 5.21 Å². The van der Waals surface area contributed by atoms with Gasteiger partial charge in [0.1, 0.15) is 5.75 Å². The Bertz CT molecular complexity index is 581. The number of aromatic hydroxyl groups is 1. The maximum atomic E-state index is 12.1. The van der Waals surface area contributed by atoms with Crippen molar-refractivity contribution in [3.8, 4) is 5.75 Å². The minimum atomic E-state index is -0.344. The Morgan fingerprint density at radius 2 is 1.95 bits per heavy atom. The summed E-state index contributed by atoms with van der Waals surface area (Å²) in [4.78, 5) is 13.5. The summed E-state index contributed by atoms with van der Waals surface area (Å²) in [7, 11) is 1.63. The molecule has 2 rings (SSSR count). The first kappa shape index (κ1) is 12.9. The van der Waals surface area contributed by atoms with E-state index < -0.39 is 0 Å². The van der Waals surface area contributed by atoms with Crippen LogP contribution in [-0.4, -0.2) is 23.0 Å². The Balaban J connectivity index is 2.12. The molecule has 0 aliphatic rings. The second kappa shape index (κ2) is 5.39. The van der Waals surface area contributed by atoms with E-state index in [4.69, 9.17) is 0 Å². The molecular formula is C14H14N2O3. The Morgan fingerprint density at radius 1 is 1.26 bits per heavy atom. The van der Waals surface area contributed by atoms with Crippen molar-refractivity contribution in [3.63, 3.8) is 0 Å². The molecule has 1 aromatic heterocycles. The fraction of sp³-hybridized carbons (Fsp3) is 0.143. The quantitative estimate of drug-likeness (QED) is 0.666. The Hall–Kier alpha value is -2.56. The van der Waals surface area contributed by atoms with Gasteiger partial charge in [-0.2, -0.15) is 4.73 Å². The van der Waals surface area contributed by atoms with Gasteiger partial charge in [0, 0.05) is 25.7 Å². The molecule has 5 heteroatoms. The average molecular weight is 258 g/mol. The minimum Gasteiger partial charge on any atom is -0.618 e. The number of rotatable bonds is 3. The van der Waals surface area contributed by atoms with Gasteiger partial charge in [-0.3, -0.25) is 4.79 Å². The fourth-order valence-corrected chi connectivity index (χ4v) is 1.74. The Labute approximate surface area is 110 Å². The van der Waals surface area contributed by atoms with E-state index in [2.05, 4.69) is 0 Å². The molecule has 0 bridgehead atoms. The molecule has 0 aliphatic carbocycles. The van der Waals surface area contributed by atoms with Crippen LogP contribution in [0.3, 0.4) is 0 Å². The number of carbonyl (C=O) groups is 1. The maximum Gasteiger partial charge on any atom is 0.320 e. The normalized spacial score (nSPS) is 10.2. The lowest BCUT2D eigenvalue weighted by molar-refractivity contribution is -0.608. The van der Waals surface area contributed by atoms with E-state index in [0.717, 1.165) is 5.56 Å². The SMILES string of the molecule is CN(Cc1ccc(O)cc1)C(=O)c1cccc[n+]1[O-]. The van der Waals surface area contributed by atoms with Crippen LogP contribution in [0.1, 0.15) is 16.1 Å². The van der Waals surface area contributed by atoms with Gasteiger partial charge in [0.25, 0.3) is 5.69 Å². The molecule has 98 valence electrons. The molecule has 1 aromatic carbocycles. The predicted octanol–water partition coefficient (Wildman–Crippen LogP) is 1.30. The minimum absolute atomic E-state index is 0.0868. The van der Waals surface area contributed by atoms with Gasteiger partial charge in [-0.05, 0) is 23.8 Å². The lowest BCUT2D eigenvalue weighted by Crippen LogP contribution is -2.39. The highest BCUT2D eigenvalue weighted by atomic mass is 16.5. The van der Waals surface area contributed by atoms with Gasteiger partial charge in [0.05, 0.1) is 0 Å². The summed E-state index contributed by atoms with van der Waals surface area (Å²) >= 11 is 0. The Morgan fingerprint density at radius 3 is 2.58 bits per heavy atom. The summed E-state index contributed by atoms with van der Waals surface area (Å²) in [5, 5.41) is 20.7. The van der Waals surface area contributed by atoms with Crippen molar-refractivity contribution < 1.29 is 14.6 Å². The summed E-state index contributed by atoms with van der Waals surface area (Å²) < 4.78 is 0.551. The van der Waals surface area contributed by atoms with Gasteiger partial charge in [0.15, 0.2) is 6.20 Å². The van der Waals surface area contributed by atoms with Crippen LogP contribution in [0.15, 0.2) is 48.7 Å². The molecule has 0 aliphatic heterocycles. The molecule has 0 unspecified atom stereocenters. The van der Waals surface area contributed by atoms with Crippen LogP contribution in [0.5, 0.6) is 5.75 Å². The molecule has 1 heterocycles. The second-order valence-electron chi connectivity index (χ2n) is 4.24. The molecule has 2 aromatic rings. The predicted molar refractivity (Wildman–Crippen MR) is 69.3 cm³/mol. The molecule has 5 nitrogen and oxygen atoms in total. The second-order valence-corrected chi connectivity index (χ2v) is 4.24. The first-order valence-electron chi connectivity index (χ1n) is 5.79. The molecule has 0 saturated carbocycles. The van der Waals surface area contributed by atoms with Crippen molar-refractivity contribution in [3.05, 3.63) is 65.1 Å². The van der Waals surface area contributed by atoms with E-state index in [-0.39, 0.29) is 17.4 Å². The van der Waals surface area contributed by atoms with Crippen molar-refractivity contribution in [2.75, 3.05) is 7.05 Å². The number of hydrogen-bond donors (Lipinski definition) is 1. The largest absolute Gasteiger partial charge is 0.618 e. The summed E-state index contributed by atoms with van der Waals surface area (Å²) in [5.74, 6) is -0.165. The number of phenolic OH excluding ortho intramolecular Hbond substituents is 1. The van der Waals surface area contributed by atoms with E-state index >= 15 is 0 Å². The lowest BCUT2D eigenvalue weighted by Gasteiger charge is -2.16. The van der Waals surface area contributed by atoms with E-state index in [9.17, 15) is 15.1 Å². The molecule has 19 heavy (non-hydrogen) atoms. The van der Waals surface area contributed by atoms with Gasteiger partial charge in [0.2, 0.25) is 0 Å². The highest BCUT2D eigenvalue weighted by molar-refractivity contribution is 5.90. The summed E-state index contributed by atoms with van der Waals surface area (Å²) in [5.41, 5.74) is 0.964. The van der Waals surface area contributed by atoms with Crippen LogP contribution in [0.2, 0.25) is 0 Å². The summed E-state index contributed by atoms with van der Waals surface area (Å²) in [6, 6.07) is 11.3. The molecule has 0 fully saturated rings. The van der Waals surface area contributed by atoms with Crippen molar-refractivity contribution in [1.29, 1.82) is 0 Å². The number of amides is 1. The number of phenols is 1. The summed E-state index contributed by atoms with van der Waals surface area (Å²) in [6.45, 7) is 0.369. The van der Waals surface area contributed by atoms with Gasteiger partial charge in [-0.1, -0.05) is 12.1 Å². The molecule has 1 N–H and O–H groups in total. The molecule has 0 saturated heterocycles. The van der Waals surface area contributed by atoms with Crippen LogP contribution in [-0.2, 0) is 6.54 Å². The van der Waals surface area contributed by atoms with Crippen molar-refractivity contribution in [2.24, 2.45) is 0 Å². The van der Waals surface area contributed by atoms with E-state index in [0.29, 0.717) is 11.3 Å². The van der Waals surface area contributed by atoms with Crippen molar-refractivity contribution in [2.45, 2.75) is 6.54 Å². The topological polar surface area (TPSA) is 67.5 Å². The third-order valence-electron chi connectivity index (χ3n) is 2.75. The number of pyridine rings is 1. The van der Waals surface area contributed by atoms with Crippen molar-refractivity contribution in [1.82, 2.24) is 4.90 Å². The smallest absolute Gasteiger partial charge is 0.320 e. The zero-order valence-corrected chi connectivity index (χ0v) is 10.5. The van der Waals surface area contributed by atoms with Gasteiger partial charge < -0.3 is 15.2 Å². The maximum absolute atomic E-state index is 12.1. The molecule has 0 spiro atoms. The number of carbonyl (C=O) groups excluding carboxylic acids is 1. The first-order valence-corrected chi connectivity index (χ1v) is 5.79. The number of benzene rings is 1. The molecule has 1 amide bonds. The van der Waals surface area contributed by atoms with Crippen molar-refractivity contribution >= 4 is 5.91 Å². The van der Waals surface area contributed by atoms with Crippen LogP contribution in [0.25, 0.3) is 0 Å². The van der Waals surface area contributed by atoms with Gasteiger partial charge >= 0.3 is 5.91 Å². The van der Waals surface area contributed by atoms with E-state index in [1.165, 1.54) is 17.2 Å². The Kier molecular flexibility index (Phi) is 3.66. The number of hydrogen-bond acceptors (Lipinski definition) is 3. The number of nitrogens with zero attached hydrogens (tertiary/aromatic N) is 2. The highest BCUT2D eigenvalue weighted by Gasteiger charge is 2.19. The van der Waals surface area contributed by atoms with E-state index in [1.807, 2.05) is 0 Å².